The highest BCUT2D eigenvalue weighted by Crippen LogP contribution is 2.45. The smallest absolute Gasteiger partial charge is 0.228 e. The van der Waals surface area contributed by atoms with E-state index >= 15 is 0 Å². The maximum Gasteiger partial charge on any atom is 0.228 e. The first-order valence-corrected chi connectivity index (χ1v) is 11.8. The van der Waals surface area contributed by atoms with E-state index in [4.69, 9.17) is 11.6 Å². The summed E-state index contributed by atoms with van der Waals surface area (Å²) >= 11 is 7.35. The third-order valence-corrected chi connectivity index (χ3v) is 7.09. The van der Waals surface area contributed by atoms with Gasteiger partial charge in [0, 0.05) is 13.6 Å². The van der Waals surface area contributed by atoms with Crippen LogP contribution in [-0.4, -0.2) is 61.4 Å². The molecule has 1 fully saturated rings. The monoisotopic (exact) mass is 488 g/mol. The van der Waals surface area contributed by atoms with Crippen LogP contribution in [0.25, 0.3) is 11.2 Å². The number of amides is 1. The van der Waals surface area contributed by atoms with Crippen molar-refractivity contribution in [2.24, 2.45) is 5.41 Å². The number of carbonyl (C=O) groups is 1. The molecule has 1 aliphatic carbocycles. The van der Waals surface area contributed by atoms with Gasteiger partial charge >= 0.3 is 0 Å². The first-order valence-electron chi connectivity index (χ1n) is 10.6. The molecule has 0 saturated heterocycles. The average molecular weight is 489 g/mol. The number of nitrogens with zero attached hydrogens (tertiary/aromatic N) is 4. The summed E-state index contributed by atoms with van der Waals surface area (Å²) in [6.07, 6.45) is 0.260. The van der Waals surface area contributed by atoms with Crippen LogP contribution in [0.15, 0.2) is 18.5 Å². The lowest BCUT2D eigenvalue weighted by molar-refractivity contribution is -0.136. The number of hydrogen-bond donors (Lipinski definition) is 4. The number of aliphatic hydroxyl groups is 2. The molecule has 1 unspecified atom stereocenters. The minimum absolute atomic E-state index is 0.219. The van der Waals surface area contributed by atoms with Crippen molar-refractivity contribution in [1.29, 1.82) is 0 Å². The van der Waals surface area contributed by atoms with Crippen LogP contribution in [-0.2, 0) is 4.79 Å². The fourth-order valence-corrected chi connectivity index (χ4v) is 5.02. The number of anilines is 1. The normalized spacial score (nSPS) is 24.5. The van der Waals surface area contributed by atoms with Gasteiger partial charge in [0.15, 0.2) is 17.0 Å². The number of nitrogens with one attached hydrogen (secondary N) is 2. The molecule has 3 aromatic heterocycles. The average Bonchev–Trinajstić information content (AvgIpc) is 3.48. The SMILES string of the molecule is CCCNc1nc(C#Cc2ccc(Cl)s2)nc2c1ncn2[C@@H]1CC(C)(C(=O)NC)[C@@H](O)[C@H]1O. The van der Waals surface area contributed by atoms with Crippen LogP contribution >= 0.6 is 22.9 Å². The topological polar surface area (TPSA) is 125 Å². The van der Waals surface area contributed by atoms with Gasteiger partial charge in [0.05, 0.1) is 33.1 Å². The van der Waals surface area contributed by atoms with Gasteiger partial charge in [-0.25, -0.2) is 15.0 Å². The molecule has 4 atom stereocenters. The van der Waals surface area contributed by atoms with E-state index in [1.165, 1.54) is 18.4 Å². The van der Waals surface area contributed by atoms with E-state index in [-0.39, 0.29) is 18.2 Å². The van der Waals surface area contributed by atoms with Crippen LogP contribution in [0.4, 0.5) is 5.82 Å². The Morgan fingerprint density at radius 3 is 2.82 bits per heavy atom. The van der Waals surface area contributed by atoms with Gasteiger partial charge in [-0.05, 0) is 43.7 Å². The fourth-order valence-electron chi connectivity index (χ4n) is 4.12. The minimum Gasteiger partial charge on any atom is -0.389 e. The van der Waals surface area contributed by atoms with Crippen molar-refractivity contribution in [3.63, 3.8) is 0 Å². The number of aliphatic hydroxyl groups excluding tert-OH is 2. The van der Waals surface area contributed by atoms with Crippen LogP contribution in [0.1, 0.15) is 43.4 Å². The van der Waals surface area contributed by atoms with Gasteiger partial charge < -0.3 is 25.4 Å². The number of imidazole rings is 1. The lowest BCUT2D eigenvalue weighted by atomic mass is 9.85. The van der Waals surface area contributed by atoms with E-state index in [0.29, 0.717) is 27.9 Å². The Morgan fingerprint density at radius 2 is 2.15 bits per heavy atom. The van der Waals surface area contributed by atoms with Crippen molar-refractivity contribution in [3.8, 4) is 11.8 Å². The Bertz CT molecular complexity index is 1250. The molecule has 1 amide bonds. The quantitative estimate of drug-likeness (QED) is 0.405. The Morgan fingerprint density at radius 1 is 1.36 bits per heavy atom. The summed E-state index contributed by atoms with van der Waals surface area (Å²) in [5.41, 5.74) is -0.148. The van der Waals surface area contributed by atoms with E-state index in [1.807, 2.05) is 13.0 Å². The lowest BCUT2D eigenvalue weighted by Crippen LogP contribution is -2.45. The Hall–Kier alpha value is -2.71. The van der Waals surface area contributed by atoms with Gasteiger partial charge in [-0.1, -0.05) is 18.5 Å². The summed E-state index contributed by atoms with van der Waals surface area (Å²) in [5.74, 6) is 6.49. The third kappa shape index (κ3) is 4.29. The highest BCUT2D eigenvalue weighted by molar-refractivity contribution is 7.16. The molecule has 0 spiro atoms. The number of halogens is 1. The summed E-state index contributed by atoms with van der Waals surface area (Å²) in [4.78, 5) is 26.8. The van der Waals surface area contributed by atoms with E-state index in [1.54, 1.807) is 23.9 Å². The van der Waals surface area contributed by atoms with Gasteiger partial charge in [0.25, 0.3) is 0 Å². The second-order valence-corrected chi connectivity index (χ2v) is 9.92. The van der Waals surface area contributed by atoms with Crippen molar-refractivity contribution in [3.05, 3.63) is 33.5 Å². The summed E-state index contributed by atoms with van der Waals surface area (Å²) < 4.78 is 2.34. The van der Waals surface area contributed by atoms with E-state index in [2.05, 4.69) is 37.4 Å². The number of rotatable bonds is 5. The van der Waals surface area contributed by atoms with Crippen molar-refractivity contribution < 1.29 is 15.0 Å². The van der Waals surface area contributed by atoms with E-state index in [0.717, 1.165) is 11.3 Å². The number of fused-ring (bicyclic) bond motifs is 1. The fraction of sp³-hybridized carbons (Fsp3) is 0.455. The van der Waals surface area contributed by atoms with Gasteiger partial charge in [0.1, 0.15) is 6.10 Å². The molecule has 33 heavy (non-hydrogen) atoms. The molecular formula is C22H25ClN6O3S. The Labute approximate surface area is 200 Å². The number of thiophene rings is 1. The molecule has 1 saturated carbocycles. The maximum absolute atomic E-state index is 12.4. The third-order valence-electron chi connectivity index (χ3n) is 5.94. The summed E-state index contributed by atoms with van der Waals surface area (Å²) in [6, 6.07) is 3.01. The van der Waals surface area contributed by atoms with Crippen molar-refractivity contribution in [1.82, 2.24) is 24.8 Å². The van der Waals surface area contributed by atoms with Crippen molar-refractivity contribution in [2.45, 2.75) is 44.9 Å². The first-order chi connectivity index (χ1) is 15.8. The van der Waals surface area contributed by atoms with E-state index < -0.39 is 23.7 Å². The number of aromatic nitrogens is 4. The zero-order valence-electron chi connectivity index (χ0n) is 18.5. The maximum atomic E-state index is 12.4. The molecular weight excluding hydrogens is 464 g/mol. The molecule has 174 valence electrons. The Balaban J connectivity index is 1.78. The van der Waals surface area contributed by atoms with Crippen LogP contribution < -0.4 is 10.6 Å². The lowest BCUT2D eigenvalue weighted by Gasteiger charge is -2.26. The van der Waals surface area contributed by atoms with Gasteiger partial charge in [0.2, 0.25) is 11.7 Å². The van der Waals surface area contributed by atoms with Crippen LogP contribution in [0.2, 0.25) is 4.34 Å². The van der Waals surface area contributed by atoms with Gasteiger partial charge in [-0.2, -0.15) is 0 Å². The molecule has 3 heterocycles. The van der Waals surface area contributed by atoms with Crippen LogP contribution in [0.5, 0.6) is 0 Å². The molecule has 0 bridgehead atoms. The van der Waals surface area contributed by atoms with Gasteiger partial charge in [-0.15, -0.1) is 11.3 Å². The standard InChI is InChI=1S/C22H25ClN6O3S/c1-4-9-25-19-16-20(28-15(27-19)8-6-12-5-7-14(23)33-12)29(11-26-16)13-10-22(2,21(32)24-3)18(31)17(13)30/h5,7,11,13,17-18,30-31H,4,9-10H2,1-3H3,(H,24,32)(H,25,27,28)/t13-,17+,18+,22?/m1/s1. The second kappa shape index (κ2) is 9.27. The predicted octanol–water partition coefficient (Wildman–Crippen LogP) is 2.18. The minimum atomic E-state index is -1.23. The van der Waals surface area contributed by atoms with Crippen molar-refractivity contribution >= 4 is 45.8 Å². The first kappa shape index (κ1) is 23.4. The molecule has 11 heteroatoms. The zero-order valence-corrected chi connectivity index (χ0v) is 20.0. The second-order valence-electron chi connectivity index (χ2n) is 8.20. The summed E-state index contributed by atoms with van der Waals surface area (Å²) in [5, 5.41) is 27.3. The highest BCUT2D eigenvalue weighted by Gasteiger charge is 2.54. The highest BCUT2D eigenvalue weighted by atomic mass is 35.5. The molecule has 4 N–H and O–H groups in total. The molecule has 4 rings (SSSR count). The summed E-state index contributed by atoms with van der Waals surface area (Å²) in [7, 11) is 1.51. The summed E-state index contributed by atoms with van der Waals surface area (Å²) in [6.45, 7) is 4.37. The van der Waals surface area contributed by atoms with E-state index in [9.17, 15) is 15.0 Å². The molecule has 0 aromatic carbocycles. The molecule has 9 nitrogen and oxygen atoms in total. The molecule has 3 aromatic rings. The predicted molar refractivity (Wildman–Crippen MR) is 127 cm³/mol. The molecule has 0 aliphatic heterocycles. The largest absolute Gasteiger partial charge is 0.389 e. The zero-order chi connectivity index (χ0) is 23.8. The Kier molecular flexibility index (Phi) is 6.59. The number of hydrogen-bond acceptors (Lipinski definition) is 8. The van der Waals surface area contributed by atoms with Crippen molar-refractivity contribution in [2.75, 3.05) is 18.9 Å². The van der Waals surface area contributed by atoms with Crippen LogP contribution in [0.3, 0.4) is 0 Å². The molecule has 1 aliphatic rings. The van der Waals surface area contributed by atoms with Crippen LogP contribution in [0, 0.1) is 17.3 Å². The molecule has 0 radical (unpaired) electrons. The number of carbonyl (C=O) groups excluding carboxylic acids is 1. The van der Waals surface area contributed by atoms with Gasteiger partial charge in [-0.3, -0.25) is 4.79 Å².